The topological polar surface area (TPSA) is 56.2 Å². The highest BCUT2D eigenvalue weighted by molar-refractivity contribution is 9.11. The first kappa shape index (κ1) is 17.0. The lowest BCUT2D eigenvalue weighted by Gasteiger charge is -2.09. The van der Waals surface area contributed by atoms with Crippen LogP contribution in [0.4, 0.5) is 0 Å². The molecule has 1 aromatic heterocycles. The minimum Gasteiger partial charge on any atom is -0.455 e. The number of ether oxygens (including phenoxy) is 1. The van der Waals surface area contributed by atoms with E-state index in [0.29, 0.717) is 11.5 Å². The molecule has 1 N–H and O–H groups in total. The zero-order valence-electron chi connectivity index (χ0n) is 13.1. The Bertz CT molecular complexity index is 901. The lowest BCUT2D eigenvalue weighted by Crippen LogP contribution is -2.24. The number of halogens is 2. The summed E-state index contributed by atoms with van der Waals surface area (Å²) in [5.74, 6) is 1.34. The highest BCUT2D eigenvalue weighted by Gasteiger charge is 2.12. The van der Waals surface area contributed by atoms with Gasteiger partial charge in [0.25, 0.3) is 0 Å². The molecule has 0 saturated heterocycles. The van der Waals surface area contributed by atoms with Gasteiger partial charge in [-0.15, -0.1) is 0 Å². The molecule has 124 valence electrons. The number of amides is 1. The van der Waals surface area contributed by atoms with Crippen molar-refractivity contribution in [3.8, 4) is 11.5 Å². The fraction of sp³-hybridized carbons (Fsp3) is 0.176. The number of rotatable bonds is 4. The summed E-state index contributed by atoms with van der Waals surface area (Å²) < 4.78 is 9.43. The van der Waals surface area contributed by atoms with E-state index in [2.05, 4.69) is 42.3 Å². The molecule has 7 heteroatoms. The molecule has 1 amide bonds. The van der Waals surface area contributed by atoms with Gasteiger partial charge in [0.15, 0.2) is 5.75 Å². The summed E-state index contributed by atoms with van der Waals surface area (Å²) in [5, 5.41) is 8.03. The SMILES string of the molecule is CNC(=O)Cn1nc2ccc(Oc3c(Br)cccc3Br)cc2c1C. The average molecular weight is 453 g/mol. The highest BCUT2D eigenvalue weighted by Crippen LogP contribution is 2.37. The summed E-state index contributed by atoms with van der Waals surface area (Å²) in [4.78, 5) is 11.6. The molecule has 0 bridgehead atoms. The normalized spacial score (nSPS) is 10.8. The van der Waals surface area contributed by atoms with E-state index >= 15 is 0 Å². The molecule has 5 nitrogen and oxygen atoms in total. The van der Waals surface area contributed by atoms with E-state index in [1.54, 1.807) is 11.7 Å². The number of hydrogen-bond donors (Lipinski definition) is 1. The van der Waals surface area contributed by atoms with Crippen LogP contribution in [0.25, 0.3) is 10.9 Å². The molecule has 0 aliphatic heterocycles. The predicted octanol–water partition coefficient (Wildman–Crippen LogP) is 4.41. The third-order valence-corrected chi connectivity index (χ3v) is 4.93. The number of nitrogens with zero attached hydrogens (tertiary/aromatic N) is 2. The van der Waals surface area contributed by atoms with Gasteiger partial charge in [0.2, 0.25) is 5.91 Å². The molecule has 0 saturated carbocycles. The van der Waals surface area contributed by atoms with Gasteiger partial charge in [0.05, 0.1) is 14.5 Å². The van der Waals surface area contributed by atoms with Crippen LogP contribution in [0.3, 0.4) is 0 Å². The van der Waals surface area contributed by atoms with Gasteiger partial charge >= 0.3 is 0 Å². The highest BCUT2D eigenvalue weighted by atomic mass is 79.9. The predicted molar refractivity (Wildman–Crippen MR) is 100 cm³/mol. The van der Waals surface area contributed by atoms with E-state index in [4.69, 9.17) is 4.74 Å². The molecule has 1 heterocycles. The first-order valence-electron chi connectivity index (χ1n) is 7.29. The summed E-state index contributed by atoms with van der Waals surface area (Å²) in [6.45, 7) is 2.14. The number of para-hydroxylation sites is 1. The van der Waals surface area contributed by atoms with Crippen molar-refractivity contribution in [1.82, 2.24) is 15.1 Å². The minimum atomic E-state index is -0.0838. The van der Waals surface area contributed by atoms with E-state index in [9.17, 15) is 4.79 Å². The minimum absolute atomic E-state index is 0.0838. The second-order valence-electron chi connectivity index (χ2n) is 5.25. The van der Waals surface area contributed by atoms with Crippen molar-refractivity contribution in [1.29, 1.82) is 0 Å². The number of nitrogens with one attached hydrogen (secondary N) is 1. The monoisotopic (exact) mass is 451 g/mol. The summed E-state index contributed by atoms with van der Waals surface area (Å²) in [7, 11) is 1.61. The lowest BCUT2D eigenvalue weighted by molar-refractivity contribution is -0.121. The van der Waals surface area contributed by atoms with E-state index in [1.165, 1.54) is 0 Å². The third-order valence-electron chi connectivity index (χ3n) is 3.68. The van der Waals surface area contributed by atoms with Gasteiger partial charge in [0.1, 0.15) is 12.3 Å². The first-order valence-corrected chi connectivity index (χ1v) is 8.88. The molecule has 3 aromatic rings. The summed E-state index contributed by atoms with van der Waals surface area (Å²) in [6, 6.07) is 11.5. The van der Waals surface area contributed by atoms with Crippen molar-refractivity contribution >= 4 is 48.7 Å². The van der Waals surface area contributed by atoms with Crippen molar-refractivity contribution < 1.29 is 9.53 Å². The number of aryl methyl sites for hydroxylation is 1. The Morgan fingerprint density at radius 1 is 1.25 bits per heavy atom. The second-order valence-corrected chi connectivity index (χ2v) is 6.96. The van der Waals surface area contributed by atoms with Crippen LogP contribution >= 0.6 is 31.9 Å². The van der Waals surface area contributed by atoms with Crippen molar-refractivity contribution in [2.24, 2.45) is 0 Å². The zero-order valence-corrected chi connectivity index (χ0v) is 16.3. The fourth-order valence-corrected chi connectivity index (χ4v) is 3.53. The quantitative estimate of drug-likeness (QED) is 0.637. The lowest BCUT2D eigenvalue weighted by atomic mass is 10.2. The van der Waals surface area contributed by atoms with Crippen LogP contribution in [-0.4, -0.2) is 22.7 Å². The third kappa shape index (κ3) is 3.32. The molecule has 0 radical (unpaired) electrons. The average Bonchev–Trinajstić information content (AvgIpc) is 2.87. The number of fused-ring (bicyclic) bond motifs is 1. The molecule has 3 rings (SSSR count). The molecule has 0 fully saturated rings. The van der Waals surface area contributed by atoms with Gasteiger partial charge in [-0.05, 0) is 69.1 Å². The van der Waals surface area contributed by atoms with E-state index in [-0.39, 0.29) is 12.5 Å². The molecular weight excluding hydrogens is 438 g/mol. The van der Waals surface area contributed by atoms with Crippen LogP contribution in [0.15, 0.2) is 45.3 Å². The zero-order chi connectivity index (χ0) is 17.3. The molecule has 2 aromatic carbocycles. The van der Waals surface area contributed by atoms with Crippen molar-refractivity contribution in [3.05, 3.63) is 51.0 Å². The van der Waals surface area contributed by atoms with Crippen LogP contribution in [0.5, 0.6) is 11.5 Å². The van der Waals surface area contributed by atoms with Crippen LogP contribution in [0.2, 0.25) is 0 Å². The van der Waals surface area contributed by atoms with Gasteiger partial charge in [0, 0.05) is 18.1 Å². The Morgan fingerprint density at radius 2 is 1.96 bits per heavy atom. The van der Waals surface area contributed by atoms with E-state index in [1.807, 2.05) is 43.3 Å². The molecule has 0 unspecified atom stereocenters. The molecule has 0 aliphatic carbocycles. The number of aromatic nitrogens is 2. The number of benzene rings is 2. The van der Waals surface area contributed by atoms with Gasteiger partial charge in [-0.3, -0.25) is 9.48 Å². The number of hydrogen-bond acceptors (Lipinski definition) is 3. The second kappa shape index (κ2) is 6.94. The van der Waals surface area contributed by atoms with E-state index in [0.717, 1.165) is 25.5 Å². The Labute approximate surface area is 156 Å². The summed E-state index contributed by atoms with van der Waals surface area (Å²) >= 11 is 6.98. The number of likely N-dealkylation sites (N-methyl/N-ethyl adjacent to an activating group) is 1. The maximum atomic E-state index is 11.6. The Hall–Kier alpha value is -1.86. The van der Waals surface area contributed by atoms with Crippen molar-refractivity contribution in [3.63, 3.8) is 0 Å². The molecule has 0 spiro atoms. The smallest absolute Gasteiger partial charge is 0.241 e. The van der Waals surface area contributed by atoms with Crippen molar-refractivity contribution in [2.45, 2.75) is 13.5 Å². The number of carbonyl (C=O) groups excluding carboxylic acids is 1. The molecule has 0 atom stereocenters. The molecular formula is C17H15Br2N3O2. The Balaban J connectivity index is 1.96. The standard InChI is InChI=1S/C17H15Br2N3O2/c1-10-12-8-11(24-17-13(18)4-3-5-14(17)19)6-7-15(12)21-22(10)9-16(23)20-2/h3-8H,9H2,1-2H3,(H,20,23). The summed E-state index contributed by atoms with van der Waals surface area (Å²) in [5.41, 5.74) is 1.75. The maximum Gasteiger partial charge on any atom is 0.241 e. The van der Waals surface area contributed by atoms with E-state index < -0.39 is 0 Å². The van der Waals surface area contributed by atoms with Gasteiger partial charge < -0.3 is 10.1 Å². The van der Waals surface area contributed by atoms with Gasteiger partial charge in [-0.1, -0.05) is 6.07 Å². The van der Waals surface area contributed by atoms with Crippen LogP contribution in [-0.2, 0) is 11.3 Å². The summed E-state index contributed by atoms with van der Waals surface area (Å²) in [6.07, 6.45) is 0. The largest absolute Gasteiger partial charge is 0.455 e. The van der Waals surface area contributed by atoms with Crippen LogP contribution in [0, 0.1) is 6.92 Å². The first-order chi connectivity index (χ1) is 11.5. The van der Waals surface area contributed by atoms with Crippen LogP contribution < -0.4 is 10.1 Å². The van der Waals surface area contributed by atoms with Gasteiger partial charge in [-0.25, -0.2) is 0 Å². The fourth-order valence-electron chi connectivity index (χ4n) is 2.37. The van der Waals surface area contributed by atoms with Crippen molar-refractivity contribution in [2.75, 3.05) is 7.05 Å². The Morgan fingerprint density at radius 3 is 2.62 bits per heavy atom. The molecule has 24 heavy (non-hydrogen) atoms. The number of carbonyl (C=O) groups is 1. The Kier molecular flexibility index (Phi) is 4.91. The van der Waals surface area contributed by atoms with Gasteiger partial charge in [-0.2, -0.15) is 5.10 Å². The molecule has 0 aliphatic rings. The van der Waals surface area contributed by atoms with Crippen LogP contribution in [0.1, 0.15) is 5.69 Å². The maximum absolute atomic E-state index is 11.6.